The molecule has 2 saturated carbocycles. The number of carboxylic acid groups (broad SMARTS) is 1. The second-order valence-corrected chi connectivity index (χ2v) is 9.87. The molecular weight excluding hydrogens is 396 g/mol. The van der Waals surface area contributed by atoms with E-state index in [1.54, 1.807) is 0 Å². The summed E-state index contributed by atoms with van der Waals surface area (Å²) in [7, 11) is -3.60. The third-order valence-corrected chi connectivity index (χ3v) is 6.62. The summed E-state index contributed by atoms with van der Waals surface area (Å²) in [6.07, 6.45) is 15.4. The van der Waals surface area contributed by atoms with Gasteiger partial charge in [0.25, 0.3) is 5.69 Å². The largest absolute Gasteiger partial charge is 0.477 e. The highest BCUT2D eigenvalue weighted by Gasteiger charge is 2.22. The van der Waals surface area contributed by atoms with Crippen molar-refractivity contribution in [2.45, 2.75) is 81.2 Å². The first-order valence-electron chi connectivity index (χ1n) is 10.2. The zero-order chi connectivity index (χ0) is 21.4. The topological polar surface area (TPSA) is 127 Å². The lowest BCUT2D eigenvalue weighted by Gasteiger charge is -2.30. The predicted octanol–water partition coefficient (Wildman–Crippen LogP) is 3.94. The molecule has 0 aliphatic heterocycles. The number of sulfone groups is 1. The van der Waals surface area contributed by atoms with Gasteiger partial charge < -0.3 is 10.4 Å². The van der Waals surface area contributed by atoms with E-state index in [0.29, 0.717) is 0 Å². The number of aromatic carboxylic acids is 1. The fraction of sp³-hybridized carbons (Fsp3) is 0.650. The zero-order valence-corrected chi connectivity index (χ0v) is 17.6. The molecule has 2 fully saturated rings. The minimum atomic E-state index is -3.60. The molecule has 0 amide bonds. The zero-order valence-electron chi connectivity index (χ0n) is 16.8. The summed E-state index contributed by atoms with van der Waals surface area (Å²) >= 11 is 0. The molecule has 1 aromatic rings. The number of nitro groups is 1. The molecule has 0 saturated heterocycles. The van der Waals surface area contributed by atoms with Gasteiger partial charge >= 0.3 is 5.97 Å². The van der Waals surface area contributed by atoms with Crippen LogP contribution in [0.25, 0.3) is 0 Å². The second kappa shape index (κ2) is 10.7. The van der Waals surface area contributed by atoms with Crippen LogP contribution >= 0.6 is 0 Å². The Morgan fingerprint density at radius 2 is 1.52 bits per heavy atom. The van der Waals surface area contributed by atoms with Gasteiger partial charge in [-0.25, -0.2) is 13.2 Å². The summed E-state index contributed by atoms with van der Waals surface area (Å²) in [5, 5.41) is 23.1. The number of hydrogen-bond acceptors (Lipinski definition) is 6. The van der Waals surface area contributed by atoms with Crippen LogP contribution in [0.15, 0.2) is 23.1 Å². The Labute approximate surface area is 171 Å². The molecule has 0 bridgehead atoms. The van der Waals surface area contributed by atoms with E-state index in [4.69, 9.17) is 5.11 Å². The molecule has 0 unspecified atom stereocenters. The lowest BCUT2D eigenvalue weighted by Crippen LogP contribution is -2.40. The van der Waals surface area contributed by atoms with Gasteiger partial charge in [0.05, 0.1) is 9.82 Å². The summed E-state index contributed by atoms with van der Waals surface area (Å²) in [5.41, 5.74) is -1.28. The molecule has 1 aromatic carbocycles. The first-order chi connectivity index (χ1) is 13.7. The summed E-state index contributed by atoms with van der Waals surface area (Å²) in [5.74, 6) is -1.48. The molecule has 0 spiro atoms. The van der Waals surface area contributed by atoms with E-state index in [-0.39, 0.29) is 4.90 Å². The molecule has 9 heteroatoms. The van der Waals surface area contributed by atoms with E-state index in [1.807, 2.05) is 0 Å². The Balaban J connectivity index is 0.000000211. The molecule has 2 aliphatic rings. The van der Waals surface area contributed by atoms with Gasteiger partial charge in [0.2, 0.25) is 0 Å². The number of benzene rings is 1. The number of nitrogens with zero attached hydrogens (tertiary/aromatic N) is 1. The molecule has 0 radical (unpaired) electrons. The third-order valence-electron chi connectivity index (χ3n) is 5.51. The number of carbonyl (C=O) groups is 1. The molecule has 2 aliphatic carbocycles. The van der Waals surface area contributed by atoms with Gasteiger partial charge in [0.15, 0.2) is 9.84 Å². The van der Waals surface area contributed by atoms with Crippen molar-refractivity contribution in [2.24, 2.45) is 0 Å². The first kappa shape index (κ1) is 23.3. The molecule has 0 aromatic heterocycles. The highest BCUT2D eigenvalue weighted by atomic mass is 32.2. The average Bonchev–Trinajstić information content (AvgIpc) is 2.69. The number of rotatable bonds is 5. The van der Waals surface area contributed by atoms with E-state index in [2.05, 4.69) is 5.32 Å². The maximum Gasteiger partial charge on any atom is 0.342 e. The summed E-state index contributed by atoms with van der Waals surface area (Å²) in [4.78, 5) is 20.0. The van der Waals surface area contributed by atoms with Crippen LogP contribution in [0.3, 0.4) is 0 Å². The highest BCUT2D eigenvalue weighted by Crippen LogP contribution is 2.23. The van der Waals surface area contributed by atoms with Crippen molar-refractivity contribution in [1.82, 2.24) is 5.32 Å². The van der Waals surface area contributed by atoms with Gasteiger partial charge in [0, 0.05) is 24.4 Å². The molecule has 0 atom stereocenters. The van der Waals surface area contributed by atoms with E-state index < -0.39 is 32.0 Å². The highest BCUT2D eigenvalue weighted by molar-refractivity contribution is 7.90. The lowest BCUT2D eigenvalue weighted by atomic mass is 9.91. The van der Waals surface area contributed by atoms with Crippen LogP contribution in [-0.4, -0.2) is 42.8 Å². The number of hydrogen-bond donors (Lipinski definition) is 2. The van der Waals surface area contributed by atoms with Crippen molar-refractivity contribution in [2.75, 3.05) is 6.26 Å². The van der Waals surface area contributed by atoms with Crippen LogP contribution in [0.5, 0.6) is 0 Å². The smallest absolute Gasteiger partial charge is 0.342 e. The number of nitrogens with one attached hydrogen (secondary N) is 1. The molecule has 162 valence electrons. The van der Waals surface area contributed by atoms with Crippen molar-refractivity contribution in [1.29, 1.82) is 0 Å². The molecular formula is C20H30N2O6S. The Morgan fingerprint density at radius 3 is 1.90 bits per heavy atom. The van der Waals surface area contributed by atoms with E-state index in [0.717, 1.165) is 36.5 Å². The van der Waals surface area contributed by atoms with Crippen molar-refractivity contribution in [3.05, 3.63) is 33.9 Å². The minimum absolute atomic E-state index is 0.288. The fourth-order valence-electron chi connectivity index (χ4n) is 3.95. The van der Waals surface area contributed by atoms with Crippen LogP contribution in [-0.2, 0) is 9.84 Å². The second-order valence-electron chi connectivity index (χ2n) is 7.85. The normalized spacial score (nSPS) is 18.5. The average molecular weight is 427 g/mol. The van der Waals surface area contributed by atoms with Crippen molar-refractivity contribution in [3.8, 4) is 0 Å². The van der Waals surface area contributed by atoms with Crippen LogP contribution in [0, 0.1) is 10.1 Å². The van der Waals surface area contributed by atoms with Crippen molar-refractivity contribution >= 4 is 21.5 Å². The minimum Gasteiger partial charge on any atom is -0.477 e. The van der Waals surface area contributed by atoms with E-state index in [9.17, 15) is 23.3 Å². The SMILES string of the molecule is C1CCC(NC2CCCCC2)CC1.CS(=O)(=O)c1ccc(C(=O)O)c([N+](=O)[O-])c1. The van der Waals surface area contributed by atoms with Crippen LogP contribution in [0.4, 0.5) is 5.69 Å². The van der Waals surface area contributed by atoms with Crippen LogP contribution in [0.1, 0.15) is 74.6 Å². The standard InChI is InChI=1S/C12H23N.C8H7NO6S/c1-3-7-11(8-4-1)13-12-9-5-2-6-10-12;1-16(14,15)5-2-3-6(8(10)11)7(4-5)9(12)13/h11-13H,1-10H2;2-4H,1H3,(H,10,11). The fourth-order valence-corrected chi connectivity index (χ4v) is 4.59. The van der Waals surface area contributed by atoms with E-state index >= 15 is 0 Å². The number of carboxylic acids is 1. The maximum atomic E-state index is 11.1. The molecule has 3 rings (SSSR count). The monoisotopic (exact) mass is 426 g/mol. The Hall–Kier alpha value is -2.00. The summed E-state index contributed by atoms with van der Waals surface area (Å²) in [6.45, 7) is 0. The lowest BCUT2D eigenvalue weighted by molar-refractivity contribution is -0.385. The Kier molecular flexibility index (Phi) is 8.58. The quantitative estimate of drug-likeness (QED) is 0.539. The summed E-state index contributed by atoms with van der Waals surface area (Å²) < 4.78 is 22.2. The van der Waals surface area contributed by atoms with E-state index in [1.165, 1.54) is 64.2 Å². The molecule has 2 N–H and O–H groups in total. The molecule has 8 nitrogen and oxygen atoms in total. The van der Waals surface area contributed by atoms with Crippen molar-refractivity contribution < 1.29 is 23.2 Å². The summed E-state index contributed by atoms with van der Waals surface area (Å²) in [6, 6.07) is 4.40. The molecule has 0 heterocycles. The van der Waals surface area contributed by atoms with Gasteiger partial charge in [-0.05, 0) is 37.8 Å². The first-order valence-corrected chi connectivity index (χ1v) is 12.1. The third kappa shape index (κ3) is 7.40. The maximum absolute atomic E-state index is 11.1. The van der Waals surface area contributed by atoms with Gasteiger partial charge in [-0.1, -0.05) is 38.5 Å². The number of nitro benzene ring substituents is 1. The Morgan fingerprint density at radius 1 is 1.03 bits per heavy atom. The van der Waals surface area contributed by atoms with Gasteiger partial charge in [-0.2, -0.15) is 0 Å². The molecule has 29 heavy (non-hydrogen) atoms. The predicted molar refractivity (Wildman–Crippen MR) is 110 cm³/mol. The van der Waals surface area contributed by atoms with Gasteiger partial charge in [0.1, 0.15) is 5.56 Å². The van der Waals surface area contributed by atoms with Crippen LogP contribution in [0.2, 0.25) is 0 Å². The van der Waals surface area contributed by atoms with Crippen molar-refractivity contribution in [3.63, 3.8) is 0 Å². The van der Waals surface area contributed by atoms with Crippen LogP contribution < -0.4 is 5.32 Å². The van der Waals surface area contributed by atoms with Gasteiger partial charge in [-0.15, -0.1) is 0 Å². The Bertz CT molecular complexity index is 796. The van der Waals surface area contributed by atoms with Gasteiger partial charge in [-0.3, -0.25) is 10.1 Å².